The standard InChI is InChI=1S/C16H15Cl2N3O4/c17-11-4-5-13(12(18)8-11)25-7-1-2-15(23)20-21-16(24)10-3-6-14(22)19-9-10/h3-6,8-9H,1-2,7H2,(H,19,22)(H,20,23)(H,21,24). The fraction of sp³-hybridized carbons (Fsp3) is 0.188. The summed E-state index contributed by atoms with van der Waals surface area (Å²) in [6.45, 7) is 0.280. The highest BCUT2D eigenvalue weighted by molar-refractivity contribution is 6.35. The van der Waals surface area contributed by atoms with Gasteiger partial charge in [0.2, 0.25) is 11.5 Å². The average Bonchev–Trinajstić information content (AvgIpc) is 2.58. The predicted molar refractivity (Wildman–Crippen MR) is 93.9 cm³/mol. The Morgan fingerprint density at radius 1 is 1.12 bits per heavy atom. The van der Waals surface area contributed by atoms with Crippen LogP contribution in [0.25, 0.3) is 0 Å². The van der Waals surface area contributed by atoms with E-state index in [9.17, 15) is 14.4 Å². The summed E-state index contributed by atoms with van der Waals surface area (Å²) in [6.07, 6.45) is 1.84. The van der Waals surface area contributed by atoms with Crippen molar-refractivity contribution in [1.82, 2.24) is 15.8 Å². The summed E-state index contributed by atoms with van der Waals surface area (Å²) in [4.78, 5) is 36.7. The molecule has 0 spiro atoms. The molecule has 0 aliphatic heterocycles. The molecule has 0 unspecified atom stereocenters. The first kappa shape index (κ1) is 18.8. The second-order valence-electron chi connectivity index (χ2n) is 4.97. The third-order valence-corrected chi connectivity index (χ3v) is 3.59. The molecule has 7 nitrogen and oxygen atoms in total. The molecule has 9 heteroatoms. The number of ether oxygens (including phenoxy) is 1. The SMILES string of the molecule is O=C(CCCOc1ccc(Cl)cc1Cl)NNC(=O)c1ccc(=O)[nH]c1. The smallest absolute Gasteiger partial charge is 0.271 e. The summed E-state index contributed by atoms with van der Waals surface area (Å²) in [5, 5.41) is 0.903. The number of carbonyl (C=O) groups excluding carboxylic acids is 2. The molecular weight excluding hydrogens is 369 g/mol. The number of H-pyrrole nitrogens is 1. The largest absolute Gasteiger partial charge is 0.492 e. The van der Waals surface area contributed by atoms with Crippen molar-refractivity contribution < 1.29 is 14.3 Å². The summed E-state index contributed by atoms with van der Waals surface area (Å²) < 4.78 is 5.46. The number of hydrogen-bond acceptors (Lipinski definition) is 4. The molecule has 3 N–H and O–H groups in total. The molecule has 2 aromatic rings. The van der Waals surface area contributed by atoms with Gasteiger partial charge in [0.15, 0.2) is 0 Å². The van der Waals surface area contributed by atoms with Crippen LogP contribution in [-0.4, -0.2) is 23.4 Å². The van der Waals surface area contributed by atoms with Gasteiger partial charge < -0.3 is 9.72 Å². The average molecular weight is 384 g/mol. The number of carbonyl (C=O) groups is 2. The Kier molecular flexibility index (Phi) is 6.85. The minimum atomic E-state index is -0.534. The molecule has 0 saturated carbocycles. The first-order valence-electron chi connectivity index (χ1n) is 7.31. The van der Waals surface area contributed by atoms with Crippen molar-refractivity contribution in [2.45, 2.75) is 12.8 Å². The van der Waals surface area contributed by atoms with Gasteiger partial charge in [-0.3, -0.25) is 25.2 Å². The van der Waals surface area contributed by atoms with Crippen molar-refractivity contribution in [2.75, 3.05) is 6.61 Å². The zero-order chi connectivity index (χ0) is 18.2. The second-order valence-corrected chi connectivity index (χ2v) is 5.81. The van der Waals surface area contributed by atoms with Crippen LogP contribution in [0.15, 0.2) is 41.3 Å². The van der Waals surface area contributed by atoms with E-state index in [1.807, 2.05) is 0 Å². The van der Waals surface area contributed by atoms with Gasteiger partial charge in [-0.15, -0.1) is 0 Å². The van der Waals surface area contributed by atoms with E-state index >= 15 is 0 Å². The number of amides is 2. The van der Waals surface area contributed by atoms with Gasteiger partial charge in [-0.05, 0) is 30.7 Å². The number of nitrogens with one attached hydrogen (secondary N) is 3. The Hall–Kier alpha value is -2.51. The van der Waals surface area contributed by atoms with E-state index < -0.39 is 5.91 Å². The summed E-state index contributed by atoms with van der Waals surface area (Å²) in [7, 11) is 0. The van der Waals surface area contributed by atoms with Crippen LogP contribution in [0, 0.1) is 0 Å². The van der Waals surface area contributed by atoms with Crippen LogP contribution in [-0.2, 0) is 4.79 Å². The first-order chi connectivity index (χ1) is 12.0. The lowest BCUT2D eigenvalue weighted by Crippen LogP contribution is -2.41. The molecule has 0 atom stereocenters. The molecule has 0 aliphatic rings. The molecular formula is C16H15Cl2N3O4. The van der Waals surface area contributed by atoms with Crippen LogP contribution in [0.5, 0.6) is 5.75 Å². The lowest BCUT2D eigenvalue weighted by Gasteiger charge is -2.09. The maximum absolute atomic E-state index is 11.7. The van der Waals surface area contributed by atoms with E-state index in [2.05, 4.69) is 15.8 Å². The molecule has 0 bridgehead atoms. The maximum atomic E-state index is 11.7. The predicted octanol–water partition coefficient (Wildman–Crippen LogP) is 2.30. The van der Waals surface area contributed by atoms with Crippen LogP contribution >= 0.6 is 23.2 Å². The molecule has 25 heavy (non-hydrogen) atoms. The summed E-state index contributed by atoms with van der Waals surface area (Å²) in [5.41, 5.74) is 4.44. The zero-order valence-corrected chi connectivity index (χ0v) is 14.5. The number of hydrogen-bond donors (Lipinski definition) is 3. The van der Waals surface area contributed by atoms with Gasteiger partial charge in [0.25, 0.3) is 5.91 Å². The number of rotatable bonds is 6. The monoisotopic (exact) mass is 383 g/mol. The van der Waals surface area contributed by atoms with Gasteiger partial charge in [0.05, 0.1) is 17.2 Å². The number of aromatic nitrogens is 1. The quantitative estimate of drug-likeness (QED) is 0.526. The van der Waals surface area contributed by atoms with Crippen LogP contribution in [0.1, 0.15) is 23.2 Å². The molecule has 132 valence electrons. The first-order valence-corrected chi connectivity index (χ1v) is 8.07. The van der Waals surface area contributed by atoms with Crippen LogP contribution in [0.3, 0.4) is 0 Å². The van der Waals surface area contributed by atoms with Crippen molar-refractivity contribution >= 4 is 35.0 Å². The highest BCUT2D eigenvalue weighted by atomic mass is 35.5. The minimum absolute atomic E-state index is 0.150. The number of hydrazine groups is 1. The normalized spacial score (nSPS) is 10.2. The van der Waals surface area contributed by atoms with Crippen LogP contribution < -0.4 is 21.1 Å². The highest BCUT2D eigenvalue weighted by Gasteiger charge is 2.08. The van der Waals surface area contributed by atoms with E-state index in [1.54, 1.807) is 18.2 Å². The lowest BCUT2D eigenvalue weighted by molar-refractivity contribution is -0.122. The molecule has 1 heterocycles. The summed E-state index contributed by atoms with van der Waals surface area (Å²) in [6, 6.07) is 7.44. The van der Waals surface area contributed by atoms with Crippen molar-refractivity contribution in [1.29, 1.82) is 0 Å². The third-order valence-electron chi connectivity index (χ3n) is 3.06. The van der Waals surface area contributed by atoms with E-state index in [-0.39, 0.29) is 30.1 Å². The Balaban J connectivity index is 1.67. The maximum Gasteiger partial charge on any atom is 0.271 e. The van der Waals surface area contributed by atoms with E-state index in [0.29, 0.717) is 22.2 Å². The zero-order valence-electron chi connectivity index (χ0n) is 13.0. The third kappa shape index (κ3) is 6.13. The van der Waals surface area contributed by atoms with Crippen molar-refractivity contribution in [3.05, 3.63) is 62.5 Å². The number of pyridine rings is 1. The van der Waals surface area contributed by atoms with Gasteiger partial charge in [0, 0.05) is 23.7 Å². The molecule has 0 saturated heterocycles. The van der Waals surface area contributed by atoms with Gasteiger partial charge in [-0.2, -0.15) is 0 Å². The lowest BCUT2D eigenvalue weighted by atomic mass is 10.3. The summed E-state index contributed by atoms with van der Waals surface area (Å²) >= 11 is 11.8. The van der Waals surface area contributed by atoms with E-state index in [1.165, 1.54) is 18.3 Å². The fourth-order valence-electron chi connectivity index (χ4n) is 1.82. The Labute approximate surface area is 153 Å². The molecule has 2 amide bonds. The van der Waals surface area contributed by atoms with E-state index in [4.69, 9.17) is 27.9 Å². The Bertz CT molecular complexity index is 803. The van der Waals surface area contributed by atoms with Gasteiger partial charge in [0.1, 0.15) is 5.75 Å². The van der Waals surface area contributed by atoms with E-state index in [0.717, 1.165) is 0 Å². The Morgan fingerprint density at radius 3 is 2.60 bits per heavy atom. The number of halogens is 2. The van der Waals surface area contributed by atoms with Crippen molar-refractivity contribution in [3.8, 4) is 5.75 Å². The van der Waals surface area contributed by atoms with Crippen LogP contribution in [0.4, 0.5) is 0 Å². The molecule has 0 fully saturated rings. The van der Waals surface area contributed by atoms with Crippen molar-refractivity contribution in [2.24, 2.45) is 0 Å². The van der Waals surface area contributed by atoms with Crippen LogP contribution in [0.2, 0.25) is 10.0 Å². The molecule has 1 aromatic heterocycles. The van der Waals surface area contributed by atoms with Gasteiger partial charge in [-0.25, -0.2) is 0 Å². The molecule has 0 radical (unpaired) electrons. The number of aromatic amines is 1. The second kappa shape index (κ2) is 9.10. The topological polar surface area (TPSA) is 100 Å². The minimum Gasteiger partial charge on any atom is -0.492 e. The van der Waals surface area contributed by atoms with Gasteiger partial charge in [-0.1, -0.05) is 23.2 Å². The summed E-state index contributed by atoms with van der Waals surface area (Å²) in [5.74, 6) is -0.421. The number of benzene rings is 1. The fourth-order valence-corrected chi connectivity index (χ4v) is 2.28. The Morgan fingerprint density at radius 2 is 1.92 bits per heavy atom. The molecule has 0 aliphatic carbocycles. The van der Waals surface area contributed by atoms with Gasteiger partial charge >= 0.3 is 0 Å². The molecule has 1 aromatic carbocycles. The van der Waals surface area contributed by atoms with Crippen molar-refractivity contribution in [3.63, 3.8) is 0 Å². The molecule has 2 rings (SSSR count). The highest BCUT2D eigenvalue weighted by Crippen LogP contribution is 2.27.